The molecule has 1 atom stereocenters. The number of morpholine rings is 1. The zero-order valence-electron chi connectivity index (χ0n) is 17.4. The molecule has 1 aliphatic heterocycles. The van der Waals surface area contributed by atoms with Gasteiger partial charge in [0.25, 0.3) is 0 Å². The van der Waals surface area contributed by atoms with Crippen molar-refractivity contribution in [3.8, 4) is 17.0 Å². The molecule has 7 nitrogen and oxygen atoms in total. The van der Waals surface area contributed by atoms with Crippen molar-refractivity contribution >= 4 is 16.9 Å². The van der Waals surface area contributed by atoms with Gasteiger partial charge in [0.15, 0.2) is 0 Å². The molecule has 0 radical (unpaired) electrons. The summed E-state index contributed by atoms with van der Waals surface area (Å²) in [6.45, 7) is 4.55. The fourth-order valence-corrected chi connectivity index (χ4v) is 3.82. The Morgan fingerprint density at radius 3 is 2.56 bits per heavy atom. The van der Waals surface area contributed by atoms with Gasteiger partial charge in [0.05, 0.1) is 48.7 Å². The molecule has 1 aliphatic rings. The molecule has 2 aromatic heterocycles. The zero-order valence-corrected chi connectivity index (χ0v) is 17.4. The third kappa shape index (κ3) is 4.11. The molecule has 0 saturated carbocycles. The zero-order chi connectivity index (χ0) is 22.1. The maximum absolute atomic E-state index is 13.7. The van der Waals surface area contributed by atoms with E-state index in [-0.39, 0.29) is 5.75 Å². The van der Waals surface area contributed by atoms with Gasteiger partial charge in [-0.25, -0.2) is 18.7 Å². The Bertz CT molecular complexity index is 1220. The third-order valence-corrected chi connectivity index (χ3v) is 5.40. The Hall–Kier alpha value is -3.59. The number of aromatic amines is 1. The van der Waals surface area contributed by atoms with E-state index in [9.17, 15) is 8.78 Å². The van der Waals surface area contributed by atoms with Crippen molar-refractivity contribution in [2.24, 2.45) is 0 Å². The summed E-state index contributed by atoms with van der Waals surface area (Å²) in [5.74, 6) is -0.539. The van der Waals surface area contributed by atoms with Gasteiger partial charge in [0, 0.05) is 42.4 Å². The number of nitrogens with zero attached hydrogens (tertiary/aromatic N) is 4. The van der Waals surface area contributed by atoms with Crippen LogP contribution in [0.3, 0.4) is 0 Å². The van der Waals surface area contributed by atoms with Crippen LogP contribution in [0.1, 0.15) is 18.6 Å². The Kier molecular flexibility index (Phi) is 5.40. The first-order valence-corrected chi connectivity index (χ1v) is 10.3. The number of ether oxygens (including phenoxy) is 2. The summed E-state index contributed by atoms with van der Waals surface area (Å²) < 4.78 is 38.7. The summed E-state index contributed by atoms with van der Waals surface area (Å²) in [6.07, 6.45) is 4.52. The highest BCUT2D eigenvalue weighted by molar-refractivity contribution is 5.85. The number of halogens is 2. The van der Waals surface area contributed by atoms with Gasteiger partial charge in [-0.2, -0.15) is 0 Å². The SMILES string of the molecule is CC(Oc1cc(F)cc(F)c1)c1cc(-c2cnc[nH]2)cc2ncc(N3CCOCC3)nc12. The molecule has 2 aromatic carbocycles. The normalized spacial score (nSPS) is 15.2. The fraction of sp³-hybridized carbons (Fsp3) is 0.261. The molecule has 1 fully saturated rings. The van der Waals surface area contributed by atoms with E-state index in [4.69, 9.17) is 14.5 Å². The van der Waals surface area contributed by atoms with Gasteiger partial charge >= 0.3 is 0 Å². The van der Waals surface area contributed by atoms with Crippen LogP contribution >= 0.6 is 0 Å². The van der Waals surface area contributed by atoms with E-state index in [1.165, 1.54) is 0 Å². The second-order valence-corrected chi connectivity index (χ2v) is 7.59. The standard InChI is InChI=1S/C23H21F2N5O2/c1-14(32-18-9-16(24)8-17(25)10-18)19-6-15(21-11-26-13-28-21)7-20-23(19)29-22(12-27-20)30-2-4-31-5-3-30/h6-14H,2-5H2,1H3,(H,26,28). The fourth-order valence-electron chi connectivity index (χ4n) is 3.82. The van der Waals surface area contributed by atoms with Gasteiger partial charge in [0.1, 0.15) is 29.3 Å². The van der Waals surface area contributed by atoms with Crippen LogP contribution in [-0.2, 0) is 4.74 Å². The highest BCUT2D eigenvalue weighted by atomic mass is 19.1. The minimum atomic E-state index is -0.697. The Labute approximate surface area is 183 Å². The van der Waals surface area contributed by atoms with Crippen molar-refractivity contribution in [2.75, 3.05) is 31.2 Å². The van der Waals surface area contributed by atoms with Gasteiger partial charge in [-0.05, 0) is 19.1 Å². The molecule has 0 amide bonds. The molecule has 164 valence electrons. The lowest BCUT2D eigenvalue weighted by Gasteiger charge is -2.28. The lowest BCUT2D eigenvalue weighted by Crippen LogP contribution is -2.36. The average Bonchev–Trinajstić information content (AvgIpc) is 3.33. The molecule has 9 heteroatoms. The van der Waals surface area contributed by atoms with Crippen molar-refractivity contribution in [3.63, 3.8) is 0 Å². The molecule has 5 rings (SSSR count). The number of imidazole rings is 1. The maximum Gasteiger partial charge on any atom is 0.148 e. The van der Waals surface area contributed by atoms with E-state index in [0.29, 0.717) is 24.2 Å². The predicted octanol–water partition coefficient (Wildman–Crippen LogP) is 4.27. The number of hydrogen-bond donors (Lipinski definition) is 1. The molecule has 1 saturated heterocycles. The molecular weight excluding hydrogens is 416 g/mol. The van der Waals surface area contributed by atoms with E-state index in [1.807, 2.05) is 19.1 Å². The van der Waals surface area contributed by atoms with Crippen molar-refractivity contribution < 1.29 is 18.3 Å². The maximum atomic E-state index is 13.7. The summed E-state index contributed by atoms with van der Waals surface area (Å²) in [4.78, 5) is 18.8. The quantitative estimate of drug-likeness (QED) is 0.502. The molecule has 0 aliphatic carbocycles. The van der Waals surface area contributed by atoms with Crippen molar-refractivity contribution in [1.82, 2.24) is 19.9 Å². The van der Waals surface area contributed by atoms with Gasteiger partial charge in [-0.3, -0.25) is 4.98 Å². The number of H-pyrrole nitrogens is 1. The monoisotopic (exact) mass is 437 g/mol. The van der Waals surface area contributed by atoms with E-state index in [2.05, 4.69) is 19.9 Å². The van der Waals surface area contributed by atoms with E-state index >= 15 is 0 Å². The van der Waals surface area contributed by atoms with Crippen LogP contribution in [0, 0.1) is 11.6 Å². The first-order chi connectivity index (χ1) is 15.6. The van der Waals surface area contributed by atoms with E-state index in [1.54, 1.807) is 18.7 Å². The van der Waals surface area contributed by atoms with Crippen LogP contribution in [0.5, 0.6) is 5.75 Å². The second kappa shape index (κ2) is 8.51. The largest absolute Gasteiger partial charge is 0.486 e. The molecule has 0 spiro atoms. The van der Waals surface area contributed by atoms with E-state index < -0.39 is 17.7 Å². The molecular formula is C23H21F2N5O2. The molecule has 0 bridgehead atoms. The Morgan fingerprint density at radius 2 is 1.84 bits per heavy atom. The van der Waals surface area contributed by atoms with Gasteiger partial charge in [-0.15, -0.1) is 0 Å². The van der Waals surface area contributed by atoms with Crippen molar-refractivity contribution in [2.45, 2.75) is 13.0 Å². The highest BCUT2D eigenvalue weighted by Gasteiger charge is 2.19. The van der Waals surface area contributed by atoms with Crippen molar-refractivity contribution in [1.29, 1.82) is 0 Å². The van der Waals surface area contributed by atoms with Gasteiger partial charge < -0.3 is 19.4 Å². The smallest absolute Gasteiger partial charge is 0.148 e. The number of hydrogen-bond acceptors (Lipinski definition) is 6. The third-order valence-electron chi connectivity index (χ3n) is 5.40. The Balaban J connectivity index is 1.59. The Morgan fingerprint density at radius 1 is 1.06 bits per heavy atom. The van der Waals surface area contributed by atoms with Crippen LogP contribution in [0.25, 0.3) is 22.3 Å². The van der Waals surface area contributed by atoms with Crippen LogP contribution in [0.15, 0.2) is 49.1 Å². The molecule has 1 unspecified atom stereocenters. The number of benzene rings is 2. The van der Waals surface area contributed by atoms with Gasteiger partial charge in [-0.1, -0.05) is 0 Å². The topological polar surface area (TPSA) is 76.2 Å². The number of nitrogens with one attached hydrogen (secondary N) is 1. The summed E-state index contributed by atoms with van der Waals surface area (Å²) in [5, 5.41) is 0. The lowest BCUT2D eigenvalue weighted by molar-refractivity contribution is 0.122. The minimum absolute atomic E-state index is 0.104. The summed E-state index contributed by atoms with van der Waals surface area (Å²) in [7, 11) is 0. The van der Waals surface area contributed by atoms with Crippen LogP contribution in [-0.4, -0.2) is 46.2 Å². The summed E-state index contributed by atoms with van der Waals surface area (Å²) >= 11 is 0. The van der Waals surface area contributed by atoms with Crippen molar-refractivity contribution in [3.05, 3.63) is 66.3 Å². The molecule has 4 aromatic rings. The molecule has 32 heavy (non-hydrogen) atoms. The van der Waals surface area contributed by atoms with Gasteiger partial charge in [0.2, 0.25) is 0 Å². The number of fused-ring (bicyclic) bond motifs is 1. The van der Waals surface area contributed by atoms with Crippen LogP contribution in [0.2, 0.25) is 0 Å². The number of rotatable bonds is 5. The lowest BCUT2D eigenvalue weighted by atomic mass is 10.0. The highest BCUT2D eigenvalue weighted by Crippen LogP contribution is 2.32. The molecule has 3 heterocycles. The summed E-state index contributed by atoms with van der Waals surface area (Å²) in [5.41, 5.74) is 3.78. The first-order valence-electron chi connectivity index (χ1n) is 10.3. The van der Waals surface area contributed by atoms with Crippen LogP contribution < -0.4 is 9.64 Å². The second-order valence-electron chi connectivity index (χ2n) is 7.59. The van der Waals surface area contributed by atoms with E-state index in [0.717, 1.165) is 53.9 Å². The minimum Gasteiger partial charge on any atom is -0.486 e. The molecule has 1 N–H and O–H groups in total. The number of anilines is 1. The first kappa shape index (κ1) is 20.3. The average molecular weight is 437 g/mol. The van der Waals surface area contributed by atoms with Crippen LogP contribution in [0.4, 0.5) is 14.6 Å². The summed E-state index contributed by atoms with van der Waals surface area (Å²) in [6, 6.07) is 6.99. The number of aromatic nitrogens is 4. The predicted molar refractivity (Wildman–Crippen MR) is 116 cm³/mol.